The van der Waals surface area contributed by atoms with E-state index in [-0.39, 0.29) is 0 Å². The highest BCUT2D eigenvalue weighted by molar-refractivity contribution is 6.31. The molecule has 1 heterocycles. The van der Waals surface area contributed by atoms with Crippen LogP contribution in [0.4, 0.5) is 0 Å². The van der Waals surface area contributed by atoms with Crippen molar-refractivity contribution in [1.29, 1.82) is 0 Å². The Bertz CT molecular complexity index is 546. The van der Waals surface area contributed by atoms with Crippen LogP contribution < -0.4 is 5.32 Å². The van der Waals surface area contributed by atoms with E-state index in [1.165, 1.54) is 5.56 Å². The molecular formula is C15H20ClN3. The number of hydrogen-bond donors (Lipinski definition) is 1. The zero-order valence-corrected chi connectivity index (χ0v) is 12.4. The van der Waals surface area contributed by atoms with Gasteiger partial charge in [0.25, 0.3) is 0 Å². The van der Waals surface area contributed by atoms with Crippen LogP contribution in [0.5, 0.6) is 0 Å². The fraction of sp³-hybridized carbons (Fsp3) is 0.400. The molecule has 0 aliphatic carbocycles. The zero-order valence-electron chi connectivity index (χ0n) is 11.7. The number of halogens is 1. The Labute approximate surface area is 119 Å². The Morgan fingerprint density at radius 1 is 1.37 bits per heavy atom. The second-order valence-electron chi connectivity index (χ2n) is 5.09. The molecule has 0 amide bonds. The van der Waals surface area contributed by atoms with Gasteiger partial charge in [-0.15, -0.1) is 0 Å². The lowest BCUT2D eigenvalue weighted by molar-refractivity contribution is 0.588. The Balaban J connectivity index is 2.14. The summed E-state index contributed by atoms with van der Waals surface area (Å²) in [6.45, 7) is 5.06. The number of rotatable bonds is 5. The van der Waals surface area contributed by atoms with E-state index >= 15 is 0 Å². The maximum atomic E-state index is 6.23. The Hall–Kier alpha value is -1.32. The van der Waals surface area contributed by atoms with Crippen LogP contribution in [-0.4, -0.2) is 15.6 Å². The molecule has 2 aromatic rings. The molecule has 0 aliphatic rings. The number of imidazole rings is 1. The van der Waals surface area contributed by atoms with Crippen LogP contribution in [0.3, 0.4) is 0 Å². The molecule has 0 aliphatic heterocycles. The topological polar surface area (TPSA) is 29.9 Å². The minimum Gasteiger partial charge on any atom is -0.338 e. The summed E-state index contributed by atoms with van der Waals surface area (Å²) in [5.41, 5.74) is 2.38. The molecule has 0 radical (unpaired) electrons. The van der Waals surface area contributed by atoms with E-state index in [1.54, 1.807) is 0 Å². The largest absolute Gasteiger partial charge is 0.338 e. The predicted molar refractivity (Wildman–Crippen MR) is 79.4 cm³/mol. The smallest absolute Gasteiger partial charge is 0.112 e. The maximum absolute atomic E-state index is 6.23. The normalized spacial score (nSPS) is 11.2. The molecule has 0 bridgehead atoms. The molecule has 3 nitrogen and oxygen atoms in total. The molecule has 0 atom stereocenters. The van der Waals surface area contributed by atoms with Gasteiger partial charge >= 0.3 is 0 Å². The molecular weight excluding hydrogens is 258 g/mol. The van der Waals surface area contributed by atoms with Crippen molar-refractivity contribution in [3.05, 3.63) is 52.6 Å². The first-order valence-electron chi connectivity index (χ1n) is 6.53. The third-order valence-electron chi connectivity index (χ3n) is 3.09. The predicted octanol–water partition coefficient (Wildman–Crippen LogP) is 3.16. The number of aryl methyl sites for hydroxylation is 1. The Kier molecular flexibility index (Phi) is 4.61. The van der Waals surface area contributed by atoms with E-state index in [9.17, 15) is 0 Å². The molecule has 0 saturated heterocycles. The first-order valence-corrected chi connectivity index (χ1v) is 6.91. The Morgan fingerprint density at radius 3 is 2.79 bits per heavy atom. The minimum atomic E-state index is 0.453. The van der Waals surface area contributed by atoms with Gasteiger partial charge in [-0.05, 0) is 17.2 Å². The van der Waals surface area contributed by atoms with Crippen LogP contribution in [0.25, 0.3) is 0 Å². The second-order valence-corrected chi connectivity index (χ2v) is 5.50. The molecule has 0 saturated carbocycles. The summed E-state index contributed by atoms with van der Waals surface area (Å²) in [5.74, 6) is 1.06. The summed E-state index contributed by atoms with van der Waals surface area (Å²) in [4.78, 5) is 4.35. The SMILES string of the molecule is CC(C)NCc1cc(Cc2nccn2C)ccc1Cl. The standard InChI is InChI=1S/C15H20ClN3/c1-11(2)18-10-13-8-12(4-5-14(13)16)9-15-17-6-7-19(15)3/h4-8,11,18H,9-10H2,1-3H3. The lowest BCUT2D eigenvalue weighted by Gasteiger charge is -2.11. The van der Waals surface area contributed by atoms with Crippen LogP contribution in [0.15, 0.2) is 30.6 Å². The third-order valence-corrected chi connectivity index (χ3v) is 3.46. The zero-order chi connectivity index (χ0) is 13.8. The summed E-state index contributed by atoms with van der Waals surface area (Å²) >= 11 is 6.23. The van der Waals surface area contributed by atoms with Gasteiger partial charge in [-0.25, -0.2) is 4.98 Å². The number of aromatic nitrogens is 2. The summed E-state index contributed by atoms with van der Waals surface area (Å²) in [5, 5.41) is 4.21. The molecule has 1 aromatic heterocycles. The van der Waals surface area contributed by atoms with Crippen molar-refractivity contribution in [2.24, 2.45) is 7.05 Å². The van der Waals surface area contributed by atoms with Gasteiger partial charge in [-0.2, -0.15) is 0 Å². The van der Waals surface area contributed by atoms with E-state index < -0.39 is 0 Å². The fourth-order valence-corrected chi connectivity index (χ4v) is 2.12. The van der Waals surface area contributed by atoms with Crippen molar-refractivity contribution in [2.45, 2.75) is 32.9 Å². The van der Waals surface area contributed by atoms with Crippen LogP contribution in [0, 0.1) is 0 Å². The van der Waals surface area contributed by atoms with Crippen molar-refractivity contribution in [3.8, 4) is 0 Å². The molecule has 102 valence electrons. The highest BCUT2D eigenvalue weighted by atomic mass is 35.5. The molecule has 0 unspecified atom stereocenters. The average Bonchev–Trinajstić information content (AvgIpc) is 2.75. The average molecular weight is 278 g/mol. The van der Waals surface area contributed by atoms with Gasteiger partial charge in [-0.1, -0.05) is 37.6 Å². The molecule has 2 rings (SSSR count). The quantitative estimate of drug-likeness (QED) is 0.910. The van der Waals surface area contributed by atoms with E-state index in [0.29, 0.717) is 6.04 Å². The van der Waals surface area contributed by atoms with Gasteiger partial charge in [0.15, 0.2) is 0 Å². The first-order chi connectivity index (χ1) is 9.06. The molecule has 0 fully saturated rings. The highest BCUT2D eigenvalue weighted by Gasteiger charge is 2.06. The Morgan fingerprint density at radius 2 is 2.16 bits per heavy atom. The van der Waals surface area contributed by atoms with Gasteiger partial charge < -0.3 is 9.88 Å². The van der Waals surface area contributed by atoms with Gasteiger partial charge in [0.2, 0.25) is 0 Å². The summed E-state index contributed by atoms with van der Waals surface area (Å²) < 4.78 is 2.04. The van der Waals surface area contributed by atoms with E-state index in [4.69, 9.17) is 11.6 Å². The van der Waals surface area contributed by atoms with Crippen LogP contribution in [-0.2, 0) is 20.0 Å². The van der Waals surface area contributed by atoms with Crippen molar-refractivity contribution >= 4 is 11.6 Å². The van der Waals surface area contributed by atoms with Crippen molar-refractivity contribution in [3.63, 3.8) is 0 Å². The monoisotopic (exact) mass is 277 g/mol. The van der Waals surface area contributed by atoms with Gasteiger partial charge in [0.1, 0.15) is 5.82 Å². The highest BCUT2D eigenvalue weighted by Crippen LogP contribution is 2.19. The van der Waals surface area contributed by atoms with Crippen LogP contribution in [0.1, 0.15) is 30.8 Å². The summed E-state index contributed by atoms with van der Waals surface area (Å²) in [7, 11) is 2.01. The lowest BCUT2D eigenvalue weighted by Crippen LogP contribution is -2.22. The van der Waals surface area contributed by atoms with Crippen molar-refractivity contribution in [2.75, 3.05) is 0 Å². The third kappa shape index (κ3) is 3.82. The second kappa shape index (κ2) is 6.22. The molecule has 19 heavy (non-hydrogen) atoms. The maximum Gasteiger partial charge on any atom is 0.112 e. The summed E-state index contributed by atoms with van der Waals surface area (Å²) in [6, 6.07) is 6.65. The molecule has 1 N–H and O–H groups in total. The van der Waals surface area contributed by atoms with Gasteiger partial charge in [0.05, 0.1) is 0 Å². The molecule has 0 spiro atoms. The lowest BCUT2D eigenvalue weighted by atomic mass is 10.1. The molecule has 4 heteroatoms. The molecule has 1 aromatic carbocycles. The first kappa shape index (κ1) is 14.1. The fourth-order valence-electron chi connectivity index (χ4n) is 1.94. The number of benzene rings is 1. The van der Waals surface area contributed by atoms with E-state index in [1.807, 2.05) is 30.1 Å². The van der Waals surface area contributed by atoms with E-state index in [2.05, 4.69) is 36.3 Å². The number of nitrogens with zero attached hydrogens (tertiary/aromatic N) is 2. The number of nitrogens with one attached hydrogen (secondary N) is 1. The van der Waals surface area contributed by atoms with Crippen LogP contribution >= 0.6 is 11.6 Å². The van der Waals surface area contributed by atoms with Crippen molar-refractivity contribution < 1.29 is 0 Å². The summed E-state index contributed by atoms with van der Waals surface area (Å²) in [6.07, 6.45) is 4.62. The minimum absolute atomic E-state index is 0.453. The van der Waals surface area contributed by atoms with Crippen molar-refractivity contribution in [1.82, 2.24) is 14.9 Å². The van der Waals surface area contributed by atoms with Gasteiger partial charge in [-0.3, -0.25) is 0 Å². The number of hydrogen-bond acceptors (Lipinski definition) is 2. The van der Waals surface area contributed by atoms with Gasteiger partial charge in [0, 0.05) is 43.5 Å². The van der Waals surface area contributed by atoms with E-state index in [0.717, 1.165) is 29.4 Å². The van der Waals surface area contributed by atoms with Crippen LogP contribution in [0.2, 0.25) is 5.02 Å².